The Morgan fingerprint density at radius 3 is 2.63 bits per heavy atom. The van der Waals surface area contributed by atoms with E-state index in [1.165, 1.54) is 49.3 Å². The van der Waals surface area contributed by atoms with Crippen LogP contribution in [0.15, 0.2) is 0 Å². The fourth-order valence-corrected chi connectivity index (χ4v) is 3.86. The Hall–Kier alpha value is -0.830. The van der Waals surface area contributed by atoms with Crippen molar-refractivity contribution in [3.63, 3.8) is 0 Å². The highest BCUT2D eigenvalue weighted by Gasteiger charge is 2.35. The second kappa shape index (κ2) is 4.93. The van der Waals surface area contributed by atoms with Crippen LogP contribution in [0, 0.1) is 0 Å². The first-order chi connectivity index (χ1) is 9.12. The number of aromatic nitrogens is 2. The van der Waals surface area contributed by atoms with E-state index < -0.39 is 0 Å². The second-order valence-electron chi connectivity index (χ2n) is 6.84. The number of nitrogens with one attached hydrogen (secondary N) is 1. The lowest BCUT2D eigenvalue weighted by Crippen LogP contribution is -2.37. The van der Waals surface area contributed by atoms with Crippen LogP contribution in [-0.4, -0.2) is 16.1 Å². The Bertz CT molecular complexity index is 453. The third-order valence-corrected chi connectivity index (χ3v) is 4.90. The summed E-state index contributed by atoms with van der Waals surface area (Å²) >= 11 is 0. The first-order valence-electron chi connectivity index (χ1n) is 7.93. The molecule has 0 amide bonds. The van der Waals surface area contributed by atoms with Gasteiger partial charge in [0, 0.05) is 36.7 Å². The zero-order chi connectivity index (χ0) is 13.5. The van der Waals surface area contributed by atoms with Gasteiger partial charge in [0.05, 0.1) is 5.69 Å². The predicted molar refractivity (Wildman–Crippen MR) is 78.5 cm³/mol. The molecule has 3 nitrogen and oxygen atoms in total. The molecule has 0 radical (unpaired) electrons. The first kappa shape index (κ1) is 13.2. The van der Waals surface area contributed by atoms with Crippen molar-refractivity contribution in [2.45, 2.75) is 77.3 Å². The molecule has 1 fully saturated rings. The van der Waals surface area contributed by atoms with Crippen LogP contribution in [0.25, 0.3) is 0 Å². The summed E-state index contributed by atoms with van der Waals surface area (Å²) in [7, 11) is 0. The highest BCUT2D eigenvalue weighted by atomic mass is 15.2. The van der Waals surface area contributed by atoms with Gasteiger partial charge in [0.15, 0.2) is 0 Å². The molecule has 106 valence electrons. The smallest absolute Gasteiger partial charge is 0.112 e. The van der Waals surface area contributed by atoms with E-state index in [4.69, 9.17) is 4.98 Å². The van der Waals surface area contributed by atoms with Gasteiger partial charge < -0.3 is 9.88 Å². The number of rotatable bonds is 2. The van der Waals surface area contributed by atoms with Gasteiger partial charge in [-0.2, -0.15) is 0 Å². The summed E-state index contributed by atoms with van der Waals surface area (Å²) < 4.78 is 2.65. The molecule has 3 heteroatoms. The summed E-state index contributed by atoms with van der Waals surface area (Å²) in [5, 5.41) is 3.46. The van der Waals surface area contributed by atoms with Gasteiger partial charge in [0.25, 0.3) is 0 Å². The Balaban J connectivity index is 2.09. The Kier molecular flexibility index (Phi) is 3.42. The van der Waals surface area contributed by atoms with Crippen molar-refractivity contribution in [3.05, 3.63) is 17.2 Å². The molecule has 1 aromatic heterocycles. The van der Waals surface area contributed by atoms with Crippen LogP contribution in [0.4, 0.5) is 0 Å². The average molecular weight is 261 g/mol. The minimum atomic E-state index is 0.315. The zero-order valence-corrected chi connectivity index (χ0v) is 12.6. The number of fused-ring (bicyclic) bond motifs is 1. The lowest BCUT2D eigenvalue weighted by Gasteiger charge is -2.39. The van der Waals surface area contributed by atoms with E-state index in [2.05, 4.69) is 30.7 Å². The molecule has 1 aromatic rings. The van der Waals surface area contributed by atoms with Crippen molar-refractivity contribution in [1.82, 2.24) is 14.9 Å². The molecule has 1 aliphatic carbocycles. The van der Waals surface area contributed by atoms with E-state index >= 15 is 0 Å². The average Bonchev–Trinajstić information content (AvgIpc) is 2.79. The molecule has 0 saturated heterocycles. The maximum absolute atomic E-state index is 4.97. The van der Waals surface area contributed by atoms with E-state index in [1.54, 1.807) is 0 Å². The van der Waals surface area contributed by atoms with Gasteiger partial charge in [-0.05, 0) is 19.8 Å². The summed E-state index contributed by atoms with van der Waals surface area (Å²) in [5.41, 5.74) is 3.14. The van der Waals surface area contributed by atoms with Crippen LogP contribution < -0.4 is 5.32 Å². The number of imidazole rings is 1. The SMILES string of the molecule is CC(C)c1nc2c(n1C1(C)CCCCC1)CCNC2. The van der Waals surface area contributed by atoms with E-state index in [0.29, 0.717) is 11.5 Å². The molecular weight excluding hydrogens is 234 g/mol. The second-order valence-corrected chi connectivity index (χ2v) is 6.84. The third-order valence-electron chi connectivity index (χ3n) is 4.90. The Morgan fingerprint density at radius 1 is 1.21 bits per heavy atom. The van der Waals surface area contributed by atoms with E-state index in [-0.39, 0.29) is 0 Å². The molecular formula is C16H27N3. The first-order valence-corrected chi connectivity index (χ1v) is 7.93. The number of nitrogens with zero attached hydrogens (tertiary/aromatic N) is 2. The molecule has 2 aliphatic rings. The largest absolute Gasteiger partial charge is 0.326 e. The maximum atomic E-state index is 4.97. The van der Waals surface area contributed by atoms with Crippen LogP contribution in [0.3, 0.4) is 0 Å². The molecule has 0 aromatic carbocycles. The monoisotopic (exact) mass is 261 g/mol. The Morgan fingerprint density at radius 2 is 1.95 bits per heavy atom. The molecule has 0 spiro atoms. The molecule has 0 atom stereocenters. The van der Waals surface area contributed by atoms with E-state index in [9.17, 15) is 0 Å². The number of hydrogen-bond acceptors (Lipinski definition) is 2. The van der Waals surface area contributed by atoms with Crippen LogP contribution in [-0.2, 0) is 18.5 Å². The molecule has 1 saturated carbocycles. The van der Waals surface area contributed by atoms with Crippen LogP contribution in [0.2, 0.25) is 0 Å². The quantitative estimate of drug-likeness (QED) is 0.885. The van der Waals surface area contributed by atoms with Gasteiger partial charge >= 0.3 is 0 Å². The standard InChI is InChI=1S/C16H27N3/c1-12(2)15-18-13-11-17-10-7-14(13)19(15)16(3)8-5-4-6-9-16/h12,17H,4-11H2,1-3H3. The van der Waals surface area contributed by atoms with Crippen molar-refractivity contribution in [2.75, 3.05) is 6.54 Å². The molecule has 1 N–H and O–H groups in total. The van der Waals surface area contributed by atoms with Gasteiger partial charge in [-0.25, -0.2) is 4.98 Å². The van der Waals surface area contributed by atoms with Gasteiger partial charge in [-0.1, -0.05) is 33.1 Å². The van der Waals surface area contributed by atoms with Crippen molar-refractivity contribution < 1.29 is 0 Å². The van der Waals surface area contributed by atoms with Gasteiger partial charge in [0.1, 0.15) is 5.82 Å². The van der Waals surface area contributed by atoms with Crippen LogP contribution >= 0.6 is 0 Å². The maximum Gasteiger partial charge on any atom is 0.112 e. The summed E-state index contributed by atoms with van der Waals surface area (Å²) in [6.45, 7) is 9.08. The molecule has 1 aliphatic heterocycles. The van der Waals surface area contributed by atoms with Crippen molar-refractivity contribution >= 4 is 0 Å². The van der Waals surface area contributed by atoms with Crippen molar-refractivity contribution in [2.24, 2.45) is 0 Å². The summed E-state index contributed by atoms with van der Waals surface area (Å²) in [6, 6.07) is 0. The van der Waals surface area contributed by atoms with Crippen molar-refractivity contribution in [1.29, 1.82) is 0 Å². The van der Waals surface area contributed by atoms with Crippen molar-refractivity contribution in [3.8, 4) is 0 Å². The molecule has 3 rings (SSSR count). The third kappa shape index (κ3) is 2.22. The topological polar surface area (TPSA) is 29.9 Å². The predicted octanol–water partition coefficient (Wildman–Crippen LogP) is 3.33. The molecule has 2 heterocycles. The number of hydrogen-bond donors (Lipinski definition) is 1. The van der Waals surface area contributed by atoms with Crippen LogP contribution in [0.5, 0.6) is 0 Å². The lowest BCUT2D eigenvalue weighted by atomic mass is 9.82. The summed E-state index contributed by atoms with van der Waals surface area (Å²) in [5.74, 6) is 1.84. The van der Waals surface area contributed by atoms with Gasteiger partial charge in [-0.15, -0.1) is 0 Å². The fraction of sp³-hybridized carbons (Fsp3) is 0.812. The van der Waals surface area contributed by atoms with Crippen LogP contribution in [0.1, 0.15) is 76.0 Å². The highest BCUT2D eigenvalue weighted by Crippen LogP contribution is 2.39. The normalized spacial score (nSPS) is 22.5. The lowest BCUT2D eigenvalue weighted by molar-refractivity contribution is 0.205. The van der Waals surface area contributed by atoms with E-state index in [0.717, 1.165) is 19.5 Å². The summed E-state index contributed by atoms with van der Waals surface area (Å²) in [4.78, 5) is 4.97. The van der Waals surface area contributed by atoms with E-state index in [1.807, 2.05) is 0 Å². The van der Waals surface area contributed by atoms with Gasteiger partial charge in [0.2, 0.25) is 0 Å². The molecule has 0 unspecified atom stereocenters. The Labute approximate surface area is 116 Å². The molecule has 19 heavy (non-hydrogen) atoms. The minimum Gasteiger partial charge on any atom is -0.326 e. The van der Waals surface area contributed by atoms with Gasteiger partial charge in [-0.3, -0.25) is 0 Å². The zero-order valence-electron chi connectivity index (χ0n) is 12.6. The summed E-state index contributed by atoms with van der Waals surface area (Å²) in [6.07, 6.45) is 7.94. The fourth-order valence-electron chi connectivity index (χ4n) is 3.86. The minimum absolute atomic E-state index is 0.315. The highest BCUT2D eigenvalue weighted by molar-refractivity contribution is 5.24. The molecule has 0 bridgehead atoms.